The number of hydrogen-bond donors (Lipinski definition) is 1. The average molecular weight is 338 g/mol. The van der Waals surface area contributed by atoms with Crippen molar-refractivity contribution < 1.29 is 0 Å². The van der Waals surface area contributed by atoms with E-state index in [2.05, 4.69) is 28.4 Å². The summed E-state index contributed by atoms with van der Waals surface area (Å²) in [5, 5.41) is 4.31. The van der Waals surface area contributed by atoms with E-state index < -0.39 is 0 Å². The number of rotatable bonds is 3. The summed E-state index contributed by atoms with van der Waals surface area (Å²) >= 11 is 6.16. The SMILES string of the molecule is Cl.Cl.Clc1cccc([C@@H](C2CCC2)N2CCNCC2)c1. The summed E-state index contributed by atoms with van der Waals surface area (Å²) in [5.41, 5.74) is 1.41. The number of benzene rings is 1. The first-order valence-electron chi connectivity index (χ1n) is 7.05. The molecule has 0 bridgehead atoms. The maximum Gasteiger partial charge on any atom is 0.0409 e. The molecule has 1 atom stereocenters. The highest BCUT2D eigenvalue weighted by atomic mass is 35.5. The molecule has 1 heterocycles. The molecule has 1 N–H and O–H groups in total. The monoisotopic (exact) mass is 336 g/mol. The molecule has 20 heavy (non-hydrogen) atoms. The van der Waals surface area contributed by atoms with Crippen LogP contribution < -0.4 is 5.32 Å². The van der Waals surface area contributed by atoms with Gasteiger partial charge in [0, 0.05) is 37.2 Å². The minimum absolute atomic E-state index is 0. The molecular formula is C15H23Cl3N2. The van der Waals surface area contributed by atoms with Gasteiger partial charge in [-0.1, -0.05) is 30.2 Å². The van der Waals surface area contributed by atoms with Gasteiger partial charge >= 0.3 is 0 Å². The zero-order valence-electron chi connectivity index (χ0n) is 11.6. The highest BCUT2D eigenvalue weighted by molar-refractivity contribution is 6.30. The molecule has 1 aromatic carbocycles. The quantitative estimate of drug-likeness (QED) is 0.899. The van der Waals surface area contributed by atoms with E-state index >= 15 is 0 Å². The van der Waals surface area contributed by atoms with E-state index in [9.17, 15) is 0 Å². The van der Waals surface area contributed by atoms with E-state index in [4.69, 9.17) is 11.6 Å². The zero-order chi connectivity index (χ0) is 12.4. The van der Waals surface area contributed by atoms with Crippen molar-refractivity contribution in [2.24, 2.45) is 5.92 Å². The van der Waals surface area contributed by atoms with E-state index in [1.165, 1.54) is 24.8 Å². The lowest BCUT2D eigenvalue weighted by Crippen LogP contribution is -2.47. The molecule has 1 saturated heterocycles. The van der Waals surface area contributed by atoms with Crippen LogP contribution in [0.3, 0.4) is 0 Å². The van der Waals surface area contributed by atoms with Crippen LogP contribution in [0.2, 0.25) is 5.02 Å². The molecule has 114 valence electrons. The van der Waals surface area contributed by atoms with Gasteiger partial charge in [0.25, 0.3) is 0 Å². The van der Waals surface area contributed by atoms with Gasteiger partial charge in [0.1, 0.15) is 0 Å². The Morgan fingerprint density at radius 1 is 1.15 bits per heavy atom. The number of nitrogens with zero attached hydrogens (tertiary/aromatic N) is 1. The van der Waals surface area contributed by atoms with E-state index in [-0.39, 0.29) is 24.8 Å². The molecule has 1 aliphatic heterocycles. The van der Waals surface area contributed by atoms with Gasteiger partial charge < -0.3 is 5.32 Å². The van der Waals surface area contributed by atoms with Crippen LogP contribution in [0.15, 0.2) is 24.3 Å². The van der Waals surface area contributed by atoms with Crippen molar-refractivity contribution in [2.45, 2.75) is 25.3 Å². The molecule has 0 radical (unpaired) electrons. The fourth-order valence-corrected chi connectivity index (χ4v) is 3.39. The second-order valence-corrected chi connectivity index (χ2v) is 5.91. The first-order valence-corrected chi connectivity index (χ1v) is 7.42. The second kappa shape index (κ2) is 8.45. The van der Waals surface area contributed by atoms with Crippen LogP contribution in [-0.2, 0) is 0 Å². The summed E-state index contributed by atoms with van der Waals surface area (Å²) in [6.45, 7) is 4.55. The molecule has 0 spiro atoms. The first kappa shape index (κ1) is 18.1. The zero-order valence-corrected chi connectivity index (χ0v) is 13.9. The third-order valence-electron chi connectivity index (χ3n) is 4.33. The lowest BCUT2D eigenvalue weighted by atomic mass is 9.76. The van der Waals surface area contributed by atoms with E-state index in [0.29, 0.717) is 6.04 Å². The molecule has 1 aliphatic carbocycles. The van der Waals surface area contributed by atoms with E-state index in [1.54, 1.807) is 0 Å². The van der Waals surface area contributed by atoms with Crippen LogP contribution in [0.25, 0.3) is 0 Å². The van der Waals surface area contributed by atoms with Gasteiger partial charge in [-0.05, 0) is 36.5 Å². The fraction of sp³-hybridized carbons (Fsp3) is 0.600. The molecule has 5 heteroatoms. The number of halogens is 3. The van der Waals surface area contributed by atoms with Crippen LogP contribution in [0.1, 0.15) is 30.9 Å². The van der Waals surface area contributed by atoms with E-state index in [0.717, 1.165) is 37.1 Å². The Kier molecular flexibility index (Phi) is 7.63. The summed E-state index contributed by atoms with van der Waals surface area (Å²) in [6, 6.07) is 9.05. The van der Waals surface area contributed by atoms with Gasteiger partial charge in [0.2, 0.25) is 0 Å². The molecular weight excluding hydrogens is 315 g/mol. The fourth-order valence-electron chi connectivity index (χ4n) is 3.19. The summed E-state index contributed by atoms with van der Waals surface area (Å²) in [6.07, 6.45) is 4.15. The normalized spacial score (nSPS) is 21.2. The van der Waals surface area contributed by atoms with Crippen molar-refractivity contribution in [1.82, 2.24) is 10.2 Å². The van der Waals surface area contributed by atoms with Gasteiger partial charge in [-0.25, -0.2) is 0 Å². The Bertz CT molecular complexity index is 404. The van der Waals surface area contributed by atoms with Crippen LogP contribution >= 0.6 is 36.4 Å². The molecule has 0 aromatic heterocycles. The van der Waals surface area contributed by atoms with Gasteiger partial charge in [0.05, 0.1) is 0 Å². The minimum atomic E-state index is 0. The minimum Gasteiger partial charge on any atom is -0.314 e. The maximum absolute atomic E-state index is 6.16. The van der Waals surface area contributed by atoms with E-state index in [1.807, 2.05) is 6.07 Å². The summed E-state index contributed by atoms with van der Waals surface area (Å²) < 4.78 is 0. The largest absolute Gasteiger partial charge is 0.314 e. The third kappa shape index (κ3) is 4.02. The predicted molar refractivity (Wildman–Crippen MR) is 90.5 cm³/mol. The highest BCUT2D eigenvalue weighted by Crippen LogP contribution is 2.41. The molecule has 1 aromatic rings. The number of hydrogen-bond acceptors (Lipinski definition) is 2. The second-order valence-electron chi connectivity index (χ2n) is 5.48. The third-order valence-corrected chi connectivity index (χ3v) is 4.57. The topological polar surface area (TPSA) is 15.3 Å². The van der Waals surface area contributed by atoms with Crippen molar-refractivity contribution in [1.29, 1.82) is 0 Å². The lowest BCUT2D eigenvalue weighted by molar-refractivity contribution is 0.0837. The van der Waals surface area contributed by atoms with Gasteiger partial charge in [-0.15, -0.1) is 24.8 Å². The van der Waals surface area contributed by atoms with Gasteiger partial charge in [-0.3, -0.25) is 4.90 Å². The van der Waals surface area contributed by atoms with Crippen molar-refractivity contribution in [2.75, 3.05) is 26.2 Å². The van der Waals surface area contributed by atoms with Crippen LogP contribution in [0.4, 0.5) is 0 Å². The van der Waals surface area contributed by atoms with Crippen LogP contribution in [0, 0.1) is 5.92 Å². The first-order chi connectivity index (χ1) is 8.84. The smallest absolute Gasteiger partial charge is 0.0409 e. The molecule has 2 fully saturated rings. The van der Waals surface area contributed by atoms with Crippen molar-refractivity contribution in [3.8, 4) is 0 Å². The Balaban J connectivity index is 0.000001000. The summed E-state index contributed by atoms with van der Waals surface area (Å²) in [7, 11) is 0. The summed E-state index contributed by atoms with van der Waals surface area (Å²) in [5.74, 6) is 0.835. The Morgan fingerprint density at radius 2 is 1.85 bits per heavy atom. The highest BCUT2D eigenvalue weighted by Gasteiger charge is 2.33. The van der Waals surface area contributed by atoms with Crippen molar-refractivity contribution in [3.05, 3.63) is 34.9 Å². The molecule has 1 saturated carbocycles. The van der Waals surface area contributed by atoms with Crippen molar-refractivity contribution in [3.63, 3.8) is 0 Å². The Hall–Kier alpha value is 0.01000. The number of nitrogens with one attached hydrogen (secondary N) is 1. The molecule has 3 rings (SSSR count). The molecule has 0 unspecified atom stereocenters. The van der Waals surface area contributed by atoms with Crippen LogP contribution in [-0.4, -0.2) is 31.1 Å². The molecule has 2 aliphatic rings. The predicted octanol–water partition coefficient (Wildman–Crippen LogP) is 3.93. The van der Waals surface area contributed by atoms with Gasteiger partial charge in [-0.2, -0.15) is 0 Å². The van der Waals surface area contributed by atoms with Gasteiger partial charge in [0.15, 0.2) is 0 Å². The molecule has 0 amide bonds. The Labute approximate surface area is 139 Å². The lowest BCUT2D eigenvalue weighted by Gasteiger charge is -2.43. The van der Waals surface area contributed by atoms with Crippen LogP contribution in [0.5, 0.6) is 0 Å². The summed E-state index contributed by atoms with van der Waals surface area (Å²) in [4.78, 5) is 2.64. The average Bonchev–Trinajstić information content (AvgIpc) is 2.34. The standard InChI is InChI=1S/C15H21ClN2.2ClH/c16-14-6-2-5-13(11-14)15(12-3-1-4-12)18-9-7-17-8-10-18;;/h2,5-6,11-12,15,17H,1,3-4,7-10H2;2*1H/t15-;;/m1../s1. The maximum atomic E-state index is 6.16. The Morgan fingerprint density at radius 3 is 2.40 bits per heavy atom. The number of piperazine rings is 1. The molecule has 2 nitrogen and oxygen atoms in total. The van der Waals surface area contributed by atoms with Crippen molar-refractivity contribution >= 4 is 36.4 Å².